The van der Waals surface area contributed by atoms with Crippen LogP contribution in [0.15, 0.2) is 0 Å². The van der Waals surface area contributed by atoms with Gasteiger partial charge in [0.1, 0.15) is 6.10 Å². The zero-order valence-electron chi connectivity index (χ0n) is 15.4. The maximum Gasteiger partial charge on any atom is 0.310 e. The van der Waals surface area contributed by atoms with Crippen molar-refractivity contribution in [2.24, 2.45) is 17.8 Å². The maximum absolute atomic E-state index is 12.5. The number of carbonyl (C=O) groups excluding carboxylic acids is 1. The lowest BCUT2D eigenvalue weighted by Gasteiger charge is -2.29. The van der Waals surface area contributed by atoms with Crippen LogP contribution in [0, 0.1) is 17.8 Å². The summed E-state index contributed by atoms with van der Waals surface area (Å²) in [6.07, 6.45) is 6.25. The molecule has 1 rings (SSSR count). The summed E-state index contributed by atoms with van der Waals surface area (Å²) >= 11 is 0. The summed E-state index contributed by atoms with van der Waals surface area (Å²) in [7, 11) is 0. The standard InChI is InChI=1S/C19H32O6/c1-3-5-8-13(4-2)11-14(12-17(20)21)25-19(24)16-10-7-6-9-15(16)18(22)23/h13-16H,3-12H2,1-2H3,(H,20,21)(H,22,23). The molecule has 0 bridgehead atoms. The average Bonchev–Trinajstić information content (AvgIpc) is 2.57. The molecule has 25 heavy (non-hydrogen) atoms. The number of carbonyl (C=O) groups is 3. The van der Waals surface area contributed by atoms with Gasteiger partial charge in [-0.05, 0) is 25.2 Å². The van der Waals surface area contributed by atoms with Crippen LogP contribution in [0.4, 0.5) is 0 Å². The average molecular weight is 356 g/mol. The highest BCUT2D eigenvalue weighted by atomic mass is 16.5. The molecule has 1 saturated carbocycles. The van der Waals surface area contributed by atoms with Gasteiger partial charge in [-0.1, -0.05) is 52.4 Å². The lowest BCUT2D eigenvalue weighted by molar-refractivity contribution is -0.166. The van der Waals surface area contributed by atoms with Crippen LogP contribution in [0.3, 0.4) is 0 Å². The van der Waals surface area contributed by atoms with Crippen molar-refractivity contribution >= 4 is 17.9 Å². The summed E-state index contributed by atoms with van der Waals surface area (Å²) in [5, 5.41) is 18.4. The first kappa shape index (κ1) is 21.5. The Morgan fingerprint density at radius 1 is 1.08 bits per heavy atom. The number of unbranched alkanes of at least 4 members (excludes halogenated alkanes) is 1. The fraction of sp³-hybridized carbons (Fsp3) is 0.842. The fourth-order valence-corrected chi connectivity index (χ4v) is 3.68. The highest BCUT2D eigenvalue weighted by Crippen LogP contribution is 2.32. The first-order valence-corrected chi connectivity index (χ1v) is 9.54. The van der Waals surface area contributed by atoms with Crippen molar-refractivity contribution in [3.8, 4) is 0 Å². The Balaban J connectivity index is 2.73. The van der Waals surface area contributed by atoms with Gasteiger partial charge in [-0.2, -0.15) is 0 Å². The lowest BCUT2D eigenvalue weighted by atomic mass is 9.79. The van der Waals surface area contributed by atoms with Crippen LogP contribution in [0.1, 0.15) is 78.1 Å². The third-order valence-electron chi connectivity index (χ3n) is 5.21. The summed E-state index contributed by atoms with van der Waals surface area (Å²) in [4.78, 5) is 35.0. The van der Waals surface area contributed by atoms with Crippen LogP contribution < -0.4 is 0 Å². The molecule has 0 aromatic heterocycles. The van der Waals surface area contributed by atoms with Gasteiger partial charge >= 0.3 is 17.9 Å². The Bertz CT molecular complexity index is 447. The molecule has 0 aliphatic heterocycles. The van der Waals surface area contributed by atoms with Crippen molar-refractivity contribution in [1.29, 1.82) is 0 Å². The first-order valence-electron chi connectivity index (χ1n) is 9.54. The lowest BCUT2D eigenvalue weighted by Crippen LogP contribution is -2.36. The monoisotopic (exact) mass is 356 g/mol. The van der Waals surface area contributed by atoms with E-state index in [-0.39, 0.29) is 6.42 Å². The second kappa shape index (κ2) is 11.1. The largest absolute Gasteiger partial charge is 0.481 e. The summed E-state index contributed by atoms with van der Waals surface area (Å²) in [5.74, 6) is -3.55. The zero-order chi connectivity index (χ0) is 18.8. The molecule has 1 fully saturated rings. The number of aliphatic carboxylic acids is 2. The third kappa shape index (κ3) is 7.45. The second-order valence-electron chi connectivity index (χ2n) is 7.14. The summed E-state index contributed by atoms with van der Waals surface area (Å²) in [6, 6.07) is 0. The minimum Gasteiger partial charge on any atom is -0.481 e. The molecular weight excluding hydrogens is 324 g/mol. The summed E-state index contributed by atoms with van der Waals surface area (Å²) < 4.78 is 5.51. The van der Waals surface area contributed by atoms with Gasteiger partial charge in [0.15, 0.2) is 0 Å². The second-order valence-corrected chi connectivity index (χ2v) is 7.14. The normalized spacial score (nSPS) is 22.8. The molecule has 1 aliphatic rings. The molecule has 1 aliphatic carbocycles. The Kier molecular flexibility index (Phi) is 9.53. The molecule has 6 heteroatoms. The van der Waals surface area contributed by atoms with Crippen molar-refractivity contribution in [1.82, 2.24) is 0 Å². The molecule has 4 unspecified atom stereocenters. The molecule has 4 atom stereocenters. The van der Waals surface area contributed by atoms with Crippen LogP contribution >= 0.6 is 0 Å². The number of esters is 1. The predicted molar refractivity (Wildman–Crippen MR) is 93.1 cm³/mol. The van der Waals surface area contributed by atoms with Gasteiger partial charge in [0.25, 0.3) is 0 Å². The molecular formula is C19H32O6. The van der Waals surface area contributed by atoms with Crippen LogP contribution in [0.25, 0.3) is 0 Å². The van der Waals surface area contributed by atoms with Crippen LogP contribution in [-0.2, 0) is 19.1 Å². The molecule has 0 aromatic rings. The van der Waals surface area contributed by atoms with E-state index in [1.807, 2.05) is 0 Å². The van der Waals surface area contributed by atoms with Crippen molar-refractivity contribution < 1.29 is 29.3 Å². The minimum absolute atomic E-state index is 0.223. The Hall–Kier alpha value is -1.59. The quantitative estimate of drug-likeness (QED) is 0.545. The van der Waals surface area contributed by atoms with Crippen molar-refractivity contribution in [2.45, 2.75) is 84.2 Å². The summed E-state index contributed by atoms with van der Waals surface area (Å²) in [5.41, 5.74) is 0. The van der Waals surface area contributed by atoms with Crippen molar-refractivity contribution in [3.05, 3.63) is 0 Å². The topological polar surface area (TPSA) is 101 Å². The summed E-state index contributed by atoms with van der Waals surface area (Å²) in [6.45, 7) is 4.16. The van der Waals surface area contributed by atoms with Gasteiger partial charge in [0, 0.05) is 0 Å². The van der Waals surface area contributed by atoms with E-state index < -0.39 is 35.8 Å². The van der Waals surface area contributed by atoms with Crippen LogP contribution in [0.5, 0.6) is 0 Å². The zero-order valence-corrected chi connectivity index (χ0v) is 15.4. The van der Waals surface area contributed by atoms with E-state index in [9.17, 15) is 19.5 Å². The maximum atomic E-state index is 12.5. The number of carboxylic acids is 2. The van der Waals surface area contributed by atoms with E-state index >= 15 is 0 Å². The van der Waals surface area contributed by atoms with E-state index in [0.29, 0.717) is 25.2 Å². The number of carboxylic acid groups (broad SMARTS) is 2. The molecule has 0 aromatic carbocycles. The fourth-order valence-electron chi connectivity index (χ4n) is 3.68. The molecule has 0 spiro atoms. The van der Waals surface area contributed by atoms with Crippen LogP contribution in [-0.4, -0.2) is 34.2 Å². The van der Waals surface area contributed by atoms with Gasteiger partial charge in [0.2, 0.25) is 0 Å². The molecule has 0 radical (unpaired) electrons. The SMILES string of the molecule is CCCCC(CC)CC(CC(=O)O)OC(=O)C1CCCCC1C(=O)O. The van der Waals surface area contributed by atoms with Gasteiger partial charge in [0.05, 0.1) is 18.3 Å². The van der Waals surface area contributed by atoms with Crippen molar-refractivity contribution in [3.63, 3.8) is 0 Å². The number of hydrogen-bond donors (Lipinski definition) is 2. The highest BCUT2D eigenvalue weighted by molar-refractivity contribution is 5.81. The molecule has 6 nitrogen and oxygen atoms in total. The predicted octanol–water partition coefficient (Wildman–Crippen LogP) is 3.87. The Morgan fingerprint density at radius 2 is 1.72 bits per heavy atom. The smallest absolute Gasteiger partial charge is 0.310 e. The number of ether oxygens (including phenoxy) is 1. The van der Waals surface area contributed by atoms with Gasteiger partial charge in [-0.15, -0.1) is 0 Å². The molecule has 0 heterocycles. The molecule has 0 amide bonds. The number of rotatable bonds is 11. The van der Waals surface area contributed by atoms with Crippen LogP contribution in [0.2, 0.25) is 0 Å². The number of hydrogen-bond acceptors (Lipinski definition) is 4. The minimum atomic E-state index is -0.999. The highest BCUT2D eigenvalue weighted by Gasteiger charge is 2.38. The van der Waals surface area contributed by atoms with E-state index in [0.717, 1.165) is 38.5 Å². The van der Waals surface area contributed by atoms with Gasteiger partial charge in [-0.25, -0.2) is 0 Å². The van der Waals surface area contributed by atoms with E-state index in [1.165, 1.54) is 0 Å². The Morgan fingerprint density at radius 3 is 2.24 bits per heavy atom. The molecule has 0 saturated heterocycles. The first-order chi connectivity index (χ1) is 11.9. The Labute approximate surface area is 149 Å². The van der Waals surface area contributed by atoms with Crippen molar-refractivity contribution in [2.75, 3.05) is 0 Å². The van der Waals surface area contributed by atoms with E-state index in [1.54, 1.807) is 0 Å². The van der Waals surface area contributed by atoms with Gasteiger partial charge < -0.3 is 14.9 Å². The van der Waals surface area contributed by atoms with E-state index in [4.69, 9.17) is 9.84 Å². The molecule has 144 valence electrons. The van der Waals surface area contributed by atoms with Gasteiger partial charge in [-0.3, -0.25) is 14.4 Å². The molecule has 2 N–H and O–H groups in total. The van der Waals surface area contributed by atoms with E-state index in [2.05, 4.69) is 13.8 Å². The third-order valence-corrected chi connectivity index (χ3v) is 5.21.